The van der Waals surface area contributed by atoms with Gasteiger partial charge in [-0.3, -0.25) is 0 Å². The van der Waals surface area contributed by atoms with Crippen molar-refractivity contribution in [2.75, 3.05) is 37.3 Å². The zero-order valence-electron chi connectivity index (χ0n) is 10.5. The Morgan fingerprint density at radius 2 is 1.89 bits per heavy atom. The molecule has 1 fully saturated rings. The fourth-order valence-electron chi connectivity index (χ4n) is 1.99. The third-order valence-electron chi connectivity index (χ3n) is 3.06. The summed E-state index contributed by atoms with van der Waals surface area (Å²) in [4.78, 5) is 6.43. The van der Waals surface area contributed by atoms with Crippen LogP contribution in [0.4, 0.5) is 5.82 Å². The normalized spacial score (nSPS) is 17.7. The monoisotopic (exact) mass is 323 g/mol. The van der Waals surface area contributed by atoms with Gasteiger partial charge in [-0.15, -0.1) is 11.6 Å². The van der Waals surface area contributed by atoms with Crippen molar-refractivity contribution in [3.8, 4) is 0 Å². The zero-order chi connectivity index (χ0) is 14.0. The van der Waals surface area contributed by atoms with Crippen molar-refractivity contribution in [3.63, 3.8) is 0 Å². The summed E-state index contributed by atoms with van der Waals surface area (Å²) in [5, 5.41) is 0.550. The van der Waals surface area contributed by atoms with Gasteiger partial charge in [0.15, 0.2) is 0 Å². The van der Waals surface area contributed by atoms with E-state index < -0.39 is 10.0 Å². The van der Waals surface area contributed by atoms with E-state index in [9.17, 15) is 8.42 Å². The topological polar surface area (TPSA) is 53.5 Å². The maximum absolute atomic E-state index is 11.4. The molecule has 0 amide bonds. The number of hydrogen-bond acceptors (Lipinski definition) is 4. The van der Waals surface area contributed by atoms with Crippen LogP contribution in [0.15, 0.2) is 12.1 Å². The van der Waals surface area contributed by atoms with Crippen molar-refractivity contribution < 1.29 is 8.42 Å². The summed E-state index contributed by atoms with van der Waals surface area (Å²) < 4.78 is 24.3. The van der Waals surface area contributed by atoms with Gasteiger partial charge in [0.25, 0.3) is 0 Å². The molecule has 2 heterocycles. The average molecular weight is 324 g/mol. The lowest BCUT2D eigenvalue weighted by Gasteiger charge is -2.34. The van der Waals surface area contributed by atoms with Crippen LogP contribution in [0.1, 0.15) is 5.69 Å². The molecular formula is C11H15Cl2N3O2S. The molecule has 0 bridgehead atoms. The van der Waals surface area contributed by atoms with E-state index in [1.165, 1.54) is 10.6 Å². The summed E-state index contributed by atoms with van der Waals surface area (Å²) in [5.74, 6) is 1.05. The quantitative estimate of drug-likeness (QED) is 0.792. The molecule has 0 atom stereocenters. The molecule has 1 saturated heterocycles. The highest BCUT2D eigenvalue weighted by atomic mass is 35.5. The van der Waals surface area contributed by atoms with Gasteiger partial charge in [0, 0.05) is 26.2 Å². The van der Waals surface area contributed by atoms with E-state index in [1.807, 2.05) is 11.0 Å². The fraction of sp³-hybridized carbons (Fsp3) is 0.545. The van der Waals surface area contributed by atoms with Gasteiger partial charge >= 0.3 is 0 Å². The number of nitrogens with zero attached hydrogens (tertiary/aromatic N) is 3. The molecule has 5 nitrogen and oxygen atoms in total. The largest absolute Gasteiger partial charge is 0.354 e. The van der Waals surface area contributed by atoms with Crippen LogP contribution in [-0.4, -0.2) is 50.1 Å². The lowest BCUT2D eigenvalue weighted by Crippen LogP contribution is -2.48. The van der Waals surface area contributed by atoms with Crippen molar-refractivity contribution in [2.24, 2.45) is 0 Å². The van der Waals surface area contributed by atoms with Crippen LogP contribution in [0, 0.1) is 0 Å². The van der Waals surface area contributed by atoms with Gasteiger partial charge in [0.2, 0.25) is 10.0 Å². The number of sulfonamides is 1. The molecule has 0 aromatic carbocycles. The molecule has 0 unspecified atom stereocenters. The molecule has 8 heteroatoms. The van der Waals surface area contributed by atoms with Crippen LogP contribution in [0.5, 0.6) is 0 Å². The smallest absolute Gasteiger partial charge is 0.211 e. The molecule has 0 saturated carbocycles. The molecule has 1 aromatic rings. The second-order valence-electron chi connectivity index (χ2n) is 4.38. The van der Waals surface area contributed by atoms with E-state index >= 15 is 0 Å². The van der Waals surface area contributed by atoms with Crippen molar-refractivity contribution in [3.05, 3.63) is 22.8 Å². The Hall–Kier alpha value is -0.560. The predicted molar refractivity (Wildman–Crippen MR) is 77.4 cm³/mol. The fourth-order valence-corrected chi connectivity index (χ4v) is 3.26. The van der Waals surface area contributed by atoms with Crippen LogP contribution in [0.2, 0.25) is 5.02 Å². The van der Waals surface area contributed by atoms with Gasteiger partial charge in [-0.05, 0) is 12.1 Å². The van der Waals surface area contributed by atoms with Crippen molar-refractivity contribution in [1.29, 1.82) is 0 Å². The number of aromatic nitrogens is 1. The Labute approximate surface area is 123 Å². The first-order valence-corrected chi connectivity index (χ1v) is 8.59. The van der Waals surface area contributed by atoms with Crippen molar-refractivity contribution in [2.45, 2.75) is 5.88 Å². The van der Waals surface area contributed by atoms with E-state index in [0.29, 0.717) is 36.9 Å². The van der Waals surface area contributed by atoms with Gasteiger partial charge in [0.05, 0.1) is 22.9 Å². The number of rotatable bonds is 3. The Balaban J connectivity index is 2.10. The molecule has 0 N–H and O–H groups in total. The van der Waals surface area contributed by atoms with E-state index in [1.54, 1.807) is 6.07 Å². The van der Waals surface area contributed by atoms with Crippen LogP contribution >= 0.6 is 23.2 Å². The van der Waals surface area contributed by atoms with E-state index in [2.05, 4.69) is 4.98 Å². The minimum atomic E-state index is -3.11. The minimum absolute atomic E-state index is 0.260. The highest BCUT2D eigenvalue weighted by Gasteiger charge is 2.24. The third kappa shape index (κ3) is 3.51. The second kappa shape index (κ2) is 5.83. The number of hydrogen-bond donors (Lipinski definition) is 0. The van der Waals surface area contributed by atoms with Gasteiger partial charge in [-0.1, -0.05) is 11.6 Å². The van der Waals surface area contributed by atoms with E-state index in [0.717, 1.165) is 5.82 Å². The number of alkyl halides is 1. The number of pyridine rings is 1. The van der Waals surface area contributed by atoms with Gasteiger partial charge < -0.3 is 4.90 Å². The van der Waals surface area contributed by atoms with Crippen LogP contribution in [0.25, 0.3) is 0 Å². The van der Waals surface area contributed by atoms with Crippen LogP contribution in [-0.2, 0) is 15.9 Å². The van der Waals surface area contributed by atoms with Crippen LogP contribution in [0.3, 0.4) is 0 Å². The molecule has 106 valence electrons. The Morgan fingerprint density at radius 1 is 1.26 bits per heavy atom. The van der Waals surface area contributed by atoms with Crippen molar-refractivity contribution in [1.82, 2.24) is 9.29 Å². The minimum Gasteiger partial charge on any atom is -0.354 e. The number of anilines is 1. The van der Waals surface area contributed by atoms with Crippen LogP contribution < -0.4 is 4.90 Å². The van der Waals surface area contributed by atoms with Gasteiger partial charge in [-0.25, -0.2) is 13.4 Å². The van der Waals surface area contributed by atoms with E-state index in [-0.39, 0.29) is 5.88 Å². The number of halogens is 2. The molecular weight excluding hydrogens is 309 g/mol. The second-order valence-corrected chi connectivity index (χ2v) is 7.04. The lowest BCUT2D eigenvalue weighted by atomic mass is 10.3. The highest BCUT2D eigenvalue weighted by Crippen LogP contribution is 2.22. The molecule has 2 rings (SSSR count). The molecule has 0 radical (unpaired) electrons. The molecule has 1 aliphatic heterocycles. The molecule has 1 aromatic heterocycles. The van der Waals surface area contributed by atoms with Gasteiger partial charge in [-0.2, -0.15) is 4.31 Å². The standard InChI is InChI=1S/C11H15Cl2N3O2S/c1-19(17,18)16-6-4-15(5-7-16)11-3-2-9(13)10(8-12)14-11/h2-3H,4-8H2,1H3. The predicted octanol–water partition coefficient (Wildman–Crippen LogP) is 1.56. The maximum Gasteiger partial charge on any atom is 0.211 e. The molecule has 0 spiro atoms. The summed E-state index contributed by atoms with van der Waals surface area (Å²) in [6.07, 6.45) is 1.23. The SMILES string of the molecule is CS(=O)(=O)N1CCN(c2ccc(Cl)c(CCl)n2)CC1. The molecule has 0 aliphatic carbocycles. The Bertz CT molecular complexity index is 557. The van der Waals surface area contributed by atoms with Crippen molar-refractivity contribution >= 4 is 39.0 Å². The average Bonchev–Trinajstić information content (AvgIpc) is 2.38. The van der Waals surface area contributed by atoms with Gasteiger partial charge in [0.1, 0.15) is 5.82 Å². The third-order valence-corrected chi connectivity index (χ3v) is 4.96. The molecule has 1 aliphatic rings. The molecule has 19 heavy (non-hydrogen) atoms. The Kier molecular flexibility index (Phi) is 4.55. The summed E-state index contributed by atoms with van der Waals surface area (Å²) in [6.45, 7) is 2.17. The van der Waals surface area contributed by atoms with E-state index in [4.69, 9.17) is 23.2 Å². The first-order valence-electron chi connectivity index (χ1n) is 5.83. The zero-order valence-corrected chi connectivity index (χ0v) is 12.8. The summed E-state index contributed by atoms with van der Waals surface area (Å²) in [6, 6.07) is 3.60. The maximum atomic E-state index is 11.4. The first kappa shape index (κ1) is 14.8. The Morgan fingerprint density at radius 3 is 2.42 bits per heavy atom. The summed E-state index contributed by atoms with van der Waals surface area (Å²) >= 11 is 11.7. The highest BCUT2D eigenvalue weighted by molar-refractivity contribution is 7.88. The first-order chi connectivity index (χ1) is 8.91. The summed E-state index contributed by atoms with van der Waals surface area (Å²) in [7, 11) is -3.11. The lowest BCUT2D eigenvalue weighted by molar-refractivity contribution is 0.387. The summed E-state index contributed by atoms with van der Waals surface area (Å²) in [5.41, 5.74) is 0.645. The number of piperazine rings is 1.